The van der Waals surface area contributed by atoms with E-state index in [0.717, 1.165) is 17.7 Å². The van der Waals surface area contributed by atoms with Gasteiger partial charge in [0.2, 0.25) is 0 Å². The molecule has 0 amide bonds. The lowest BCUT2D eigenvalue weighted by Gasteiger charge is -2.01. The molecule has 0 saturated heterocycles. The van der Waals surface area contributed by atoms with E-state index in [9.17, 15) is 4.79 Å². The Bertz CT molecular complexity index is 483. The largest absolute Gasteiger partial charge is 0.331 e. The first-order valence-corrected chi connectivity index (χ1v) is 4.65. The summed E-state index contributed by atoms with van der Waals surface area (Å²) < 4.78 is 3.69. The molecule has 2 heterocycles. The molecule has 0 fully saturated rings. The number of hydrogen-bond acceptors (Lipinski definition) is 3. The molecule has 0 unspecified atom stereocenters. The molecule has 0 aliphatic heterocycles. The lowest BCUT2D eigenvalue weighted by atomic mass is 10.3. The van der Waals surface area contributed by atoms with Gasteiger partial charge in [-0.25, -0.2) is 4.98 Å². The smallest absolute Gasteiger partial charge is 0.169 e. The van der Waals surface area contributed by atoms with Gasteiger partial charge in [-0.2, -0.15) is 5.10 Å². The highest BCUT2D eigenvalue weighted by atomic mass is 16.1. The number of carbonyl (C=O) groups is 1. The summed E-state index contributed by atoms with van der Waals surface area (Å²) in [5.41, 5.74) is 2.53. The van der Waals surface area contributed by atoms with Crippen LogP contribution in [0.5, 0.6) is 0 Å². The number of aromatic nitrogens is 4. The summed E-state index contributed by atoms with van der Waals surface area (Å²) in [5.74, 6) is 0. The van der Waals surface area contributed by atoms with E-state index in [1.54, 1.807) is 12.5 Å². The predicted molar refractivity (Wildman–Crippen MR) is 54.7 cm³/mol. The second-order valence-electron chi connectivity index (χ2n) is 3.49. The Morgan fingerprint density at radius 2 is 2.33 bits per heavy atom. The van der Waals surface area contributed by atoms with E-state index >= 15 is 0 Å². The summed E-state index contributed by atoms with van der Waals surface area (Å²) in [5, 5.41) is 4.25. The molecule has 5 heteroatoms. The Kier molecular flexibility index (Phi) is 2.37. The van der Waals surface area contributed by atoms with Crippen molar-refractivity contribution in [3.63, 3.8) is 0 Å². The molecule has 0 saturated carbocycles. The van der Waals surface area contributed by atoms with Gasteiger partial charge in [0.05, 0.1) is 24.3 Å². The van der Waals surface area contributed by atoms with Crippen LogP contribution in [-0.4, -0.2) is 25.6 Å². The van der Waals surface area contributed by atoms with Crippen molar-refractivity contribution in [1.29, 1.82) is 0 Å². The molecule has 2 rings (SSSR count). The van der Waals surface area contributed by atoms with Crippen molar-refractivity contribution >= 4 is 6.29 Å². The zero-order chi connectivity index (χ0) is 10.8. The van der Waals surface area contributed by atoms with Crippen molar-refractivity contribution < 1.29 is 4.79 Å². The Hall–Kier alpha value is -1.91. The van der Waals surface area contributed by atoms with Crippen molar-refractivity contribution in [3.05, 3.63) is 35.7 Å². The number of aryl methyl sites for hydroxylation is 2. The maximum Gasteiger partial charge on any atom is 0.169 e. The summed E-state index contributed by atoms with van der Waals surface area (Å²) in [7, 11) is 1.90. The van der Waals surface area contributed by atoms with Crippen LogP contribution in [0.3, 0.4) is 0 Å². The standard InChI is InChI=1S/C10H12N4O/c1-8-3-10(13(2)12-8)5-14-4-9(6-15)11-7-14/h3-4,6-7H,5H2,1-2H3. The van der Waals surface area contributed by atoms with E-state index in [1.807, 2.05) is 29.3 Å². The highest BCUT2D eigenvalue weighted by molar-refractivity contribution is 5.70. The average molecular weight is 204 g/mol. The summed E-state index contributed by atoms with van der Waals surface area (Å²) in [6.07, 6.45) is 4.10. The number of imidazole rings is 1. The van der Waals surface area contributed by atoms with Gasteiger partial charge < -0.3 is 4.57 Å². The molecule has 0 aromatic carbocycles. The number of aldehydes is 1. The number of nitrogens with zero attached hydrogens (tertiary/aromatic N) is 4. The van der Waals surface area contributed by atoms with E-state index in [2.05, 4.69) is 10.1 Å². The summed E-state index contributed by atoms with van der Waals surface area (Å²) in [6.45, 7) is 2.63. The Balaban J connectivity index is 2.21. The molecule has 5 nitrogen and oxygen atoms in total. The van der Waals surface area contributed by atoms with Crippen LogP contribution in [0.4, 0.5) is 0 Å². The first-order chi connectivity index (χ1) is 7.19. The van der Waals surface area contributed by atoms with Crippen LogP contribution < -0.4 is 0 Å². The molecular formula is C10H12N4O. The first kappa shape index (κ1) is 9.64. The van der Waals surface area contributed by atoms with Crippen LogP contribution in [0.1, 0.15) is 21.9 Å². The van der Waals surface area contributed by atoms with E-state index in [1.165, 1.54) is 0 Å². The SMILES string of the molecule is Cc1cc(Cn2cnc(C=O)c2)n(C)n1. The maximum absolute atomic E-state index is 10.4. The molecule has 0 spiro atoms. The second kappa shape index (κ2) is 3.68. The molecule has 15 heavy (non-hydrogen) atoms. The molecule has 0 aliphatic rings. The molecule has 0 N–H and O–H groups in total. The van der Waals surface area contributed by atoms with Crippen molar-refractivity contribution in [2.45, 2.75) is 13.5 Å². The van der Waals surface area contributed by atoms with Crippen molar-refractivity contribution in [1.82, 2.24) is 19.3 Å². The number of carbonyl (C=O) groups excluding carboxylic acids is 1. The quantitative estimate of drug-likeness (QED) is 0.694. The van der Waals surface area contributed by atoms with Gasteiger partial charge >= 0.3 is 0 Å². The van der Waals surface area contributed by atoms with Crippen molar-refractivity contribution in [2.24, 2.45) is 7.05 Å². The van der Waals surface area contributed by atoms with Gasteiger partial charge in [-0.1, -0.05) is 0 Å². The molecule has 0 bridgehead atoms. The van der Waals surface area contributed by atoms with Gasteiger partial charge in [0.1, 0.15) is 5.69 Å². The minimum absolute atomic E-state index is 0.453. The normalized spacial score (nSPS) is 10.5. The van der Waals surface area contributed by atoms with Crippen LogP contribution in [0.25, 0.3) is 0 Å². The number of rotatable bonds is 3. The van der Waals surface area contributed by atoms with Crippen LogP contribution >= 0.6 is 0 Å². The third-order valence-corrected chi connectivity index (χ3v) is 2.22. The topological polar surface area (TPSA) is 52.7 Å². The second-order valence-corrected chi connectivity index (χ2v) is 3.49. The van der Waals surface area contributed by atoms with E-state index in [4.69, 9.17) is 0 Å². The molecule has 0 aliphatic carbocycles. The maximum atomic E-state index is 10.4. The lowest BCUT2D eigenvalue weighted by Crippen LogP contribution is -2.03. The van der Waals surface area contributed by atoms with Crippen LogP contribution in [-0.2, 0) is 13.6 Å². The molecule has 2 aromatic rings. The highest BCUT2D eigenvalue weighted by Crippen LogP contribution is 2.04. The van der Waals surface area contributed by atoms with Gasteiger partial charge in [0, 0.05) is 13.2 Å². The minimum Gasteiger partial charge on any atom is -0.331 e. The summed E-state index contributed by atoms with van der Waals surface area (Å²) >= 11 is 0. The van der Waals surface area contributed by atoms with Crippen LogP contribution in [0.15, 0.2) is 18.6 Å². The van der Waals surface area contributed by atoms with Gasteiger partial charge in [-0.05, 0) is 13.0 Å². The van der Waals surface area contributed by atoms with E-state index in [-0.39, 0.29) is 0 Å². The Labute approximate surface area is 87.4 Å². The van der Waals surface area contributed by atoms with Gasteiger partial charge in [-0.3, -0.25) is 9.48 Å². The fourth-order valence-electron chi connectivity index (χ4n) is 1.52. The van der Waals surface area contributed by atoms with Gasteiger partial charge in [0.15, 0.2) is 6.29 Å². The number of hydrogen-bond donors (Lipinski definition) is 0. The van der Waals surface area contributed by atoms with Crippen molar-refractivity contribution in [2.75, 3.05) is 0 Å². The highest BCUT2D eigenvalue weighted by Gasteiger charge is 2.03. The zero-order valence-corrected chi connectivity index (χ0v) is 8.71. The van der Waals surface area contributed by atoms with Crippen molar-refractivity contribution in [3.8, 4) is 0 Å². The Morgan fingerprint density at radius 1 is 1.53 bits per heavy atom. The fourth-order valence-corrected chi connectivity index (χ4v) is 1.52. The van der Waals surface area contributed by atoms with Gasteiger partial charge in [-0.15, -0.1) is 0 Å². The van der Waals surface area contributed by atoms with E-state index in [0.29, 0.717) is 12.2 Å². The summed E-state index contributed by atoms with van der Waals surface area (Å²) in [6, 6.07) is 2.01. The molecular weight excluding hydrogens is 192 g/mol. The van der Waals surface area contributed by atoms with E-state index < -0.39 is 0 Å². The third-order valence-electron chi connectivity index (χ3n) is 2.22. The first-order valence-electron chi connectivity index (χ1n) is 4.65. The predicted octanol–water partition coefficient (Wildman–Crippen LogP) is 0.786. The average Bonchev–Trinajstić information content (AvgIpc) is 2.75. The molecule has 78 valence electrons. The molecule has 0 atom stereocenters. The molecule has 2 aromatic heterocycles. The zero-order valence-electron chi connectivity index (χ0n) is 8.71. The van der Waals surface area contributed by atoms with Gasteiger partial charge in [0.25, 0.3) is 0 Å². The van der Waals surface area contributed by atoms with Crippen LogP contribution in [0, 0.1) is 6.92 Å². The Morgan fingerprint density at radius 3 is 2.87 bits per heavy atom. The van der Waals surface area contributed by atoms with Crippen LogP contribution in [0.2, 0.25) is 0 Å². The third kappa shape index (κ3) is 1.96. The minimum atomic E-state index is 0.453. The fraction of sp³-hybridized carbons (Fsp3) is 0.300. The monoisotopic (exact) mass is 204 g/mol. The lowest BCUT2D eigenvalue weighted by molar-refractivity contribution is 0.111. The molecule has 0 radical (unpaired) electrons. The summed E-state index contributed by atoms with van der Waals surface area (Å²) in [4.78, 5) is 14.4.